The first-order chi connectivity index (χ1) is 12.3. The molecule has 9 heteroatoms. The van der Waals surface area contributed by atoms with Gasteiger partial charge in [-0.05, 0) is 12.5 Å². The average molecular weight is 393 g/mol. The highest BCUT2D eigenvalue weighted by molar-refractivity contribution is 6.33. The van der Waals surface area contributed by atoms with E-state index < -0.39 is 11.7 Å². The van der Waals surface area contributed by atoms with Gasteiger partial charge in [-0.3, -0.25) is 9.69 Å². The van der Waals surface area contributed by atoms with Crippen LogP contribution in [0.15, 0.2) is 12.3 Å². The molecule has 0 aromatic carbocycles. The van der Waals surface area contributed by atoms with Crippen molar-refractivity contribution < 1.29 is 18.0 Å². The van der Waals surface area contributed by atoms with E-state index in [1.54, 1.807) is 0 Å². The summed E-state index contributed by atoms with van der Waals surface area (Å²) in [5, 5.41) is 2.89. The summed E-state index contributed by atoms with van der Waals surface area (Å²) in [6, 6.07) is 0.903. The van der Waals surface area contributed by atoms with Gasteiger partial charge in [-0.25, -0.2) is 4.98 Å². The van der Waals surface area contributed by atoms with Crippen molar-refractivity contribution in [1.82, 2.24) is 15.2 Å². The maximum Gasteiger partial charge on any atom is 0.417 e. The van der Waals surface area contributed by atoms with Gasteiger partial charge in [-0.2, -0.15) is 13.2 Å². The van der Waals surface area contributed by atoms with E-state index in [1.807, 2.05) is 9.80 Å². The van der Waals surface area contributed by atoms with Crippen LogP contribution in [-0.2, 0) is 11.0 Å². The van der Waals surface area contributed by atoms with Gasteiger partial charge < -0.3 is 10.2 Å². The number of carbonyl (C=O) groups excluding carboxylic acids is 1. The number of nitrogens with zero attached hydrogens (tertiary/aromatic N) is 3. The summed E-state index contributed by atoms with van der Waals surface area (Å²) in [4.78, 5) is 19.7. The van der Waals surface area contributed by atoms with E-state index in [2.05, 4.69) is 17.2 Å². The van der Waals surface area contributed by atoms with Gasteiger partial charge in [0.2, 0.25) is 5.91 Å². The summed E-state index contributed by atoms with van der Waals surface area (Å²) < 4.78 is 38.1. The van der Waals surface area contributed by atoms with E-state index in [9.17, 15) is 18.0 Å². The van der Waals surface area contributed by atoms with Crippen LogP contribution in [0.25, 0.3) is 0 Å². The first kappa shape index (κ1) is 20.8. The van der Waals surface area contributed by atoms with E-state index in [0.717, 1.165) is 31.5 Å². The molecule has 2 rings (SSSR count). The summed E-state index contributed by atoms with van der Waals surface area (Å²) in [6.45, 7) is 5.50. The Morgan fingerprint density at radius 2 is 1.96 bits per heavy atom. The van der Waals surface area contributed by atoms with Crippen molar-refractivity contribution >= 4 is 23.3 Å². The molecule has 1 saturated heterocycles. The Balaban J connectivity index is 1.82. The number of anilines is 1. The molecule has 1 N–H and O–H groups in total. The Morgan fingerprint density at radius 1 is 1.27 bits per heavy atom. The maximum absolute atomic E-state index is 12.7. The summed E-state index contributed by atoms with van der Waals surface area (Å²) in [7, 11) is 0. The van der Waals surface area contributed by atoms with E-state index in [1.165, 1.54) is 0 Å². The first-order valence-corrected chi connectivity index (χ1v) is 9.15. The minimum atomic E-state index is -4.46. The molecule has 146 valence electrons. The standard InChI is InChI=1S/C17H24ClF3N4O/c1-2-3-4-5-22-15(26)12-24-6-8-25(9-7-24)16-14(18)10-13(11-23-16)17(19,20)21/h10-11H,2-9,12H2,1H3,(H,22,26). The molecule has 0 aliphatic carbocycles. The molecular weight excluding hydrogens is 369 g/mol. The molecule has 1 fully saturated rings. The van der Waals surface area contributed by atoms with Crippen molar-refractivity contribution in [3.05, 3.63) is 22.8 Å². The van der Waals surface area contributed by atoms with Gasteiger partial charge in [-0.15, -0.1) is 0 Å². The Morgan fingerprint density at radius 3 is 2.54 bits per heavy atom. The summed E-state index contributed by atoms with van der Waals surface area (Å²) in [6.07, 6.45) is -0.470. The lowest BCUT2D eigenvalue weighted by atomic mass is 10.2. The second-order valence-corrected chi connectivity index (χ2v) is 6.75. The van der Waals surface area contributed by atoms with Crippen molar-refractivity contribution in [3.63, 3.8) is 0 Å². The Kier molecular flexibility index (Phi) is 7.52. The van der Waals surface area contributed by atoms with Crippen molar-refractivity contribution in [2.24, 2.45) is 0 Å². The molecule has 0 radical (unpaired) electrons. The molecule has 1 amide bonds. The fraction of sp³-hybridized carbons (Fsp3) is 0.647. The van der Waals surface area contributed by atoms with Crippen molar-refractivity contribution in [2.75, 3.05) is 44.2 Å². The maximum atomic E-state index is 12.7. The third kappa shape index (κ3) is 6.02. The molecule has 1 aromatic rings. The second kappa shape index (κ2) is 9.41. The third-order valence-corrected chi connectivity index (χ3v) is 4.57. The van der Waals surface area contributed by atoms with Gasteiger partial charge in [0.25, 0.3) is 0 Å². The van der Waals surface area contributed by atoms with Gasteiger partial charge in [0.1, 0.15) is 5.82 Å². The highest BCUT2D eigenvalue weighted by atomic mass is 35.5. The zero-order valence-corrected chi connectivity index (χ0v) is 15.5. The van der Waals surface area contributed by atoms with Crippen LogP contribution in [0, 0.1) is 0 Å². The van der Waals surface area contributed by atoms with Gasteiger partial charge in [0.05, 0.1) is 17.1 Å². The van der Waals surface area contributed by atoms with Crippen LogP contribution in [-0.4, -0.2) is 55.1 Å². The zero-order chi connectivity index (χ0) is 19.2. The van der Waals surface area contributed by atoms with Crippen molar-refractivity contribution in [1.29, 1.82) is 0 Å². The van der Waals surface area contributed by atoms with Crippen LogP contribution in [0.1, 0.15) is 31.7 Å². The molecular formula is C17H24ClF3N4O. The highest BCUT2D eigenvalue weighted by Gasteiger charge is 2.32. The third-order valence-electron chi connectivity index (χ3n) is 4.29. The number of alkyl halides is 3. The number of piperazine rings is 1. The number of unbranched alkanes of at least 4 members (excludes halogenated alkanes) is 2. The lowest BCUT2D eigenvalue weighted by Crippen LogP contribution is -2.49. The first-order valence-electron chi connectivity index (χ1n) is 8.78. The topological polar surface area (TPSA) is 48.5 Å². The number of pyridine rings is 1. The molecule has 26 heavy (non-hydrogen) atoms. The molecule has 0 unspecified atom stereocenters. The number of amides is 1. The van der Waals surface area contributed by atoms with Gasteiger partial charge in [-0.1, -0.05) is 31.4 Å². The molecule has 2 heterocycles. The molecule has 1 aliphatic rings. The van der Waals surface area contributed by atoms with Crippen molar-refractivity contribution in [3.8, 4) is 0 Å². The van der Waals surface area contributed by atoms with Crippen LogP contribution in [0.2, 0.25) is 5.02 Å². The predicted octanol–water partition coefficient (Wildman–Crippen LogP) is 3.18. The van der Waals surface area contributed by atoms with Crippen LogP contribution in [0.5, 0.6) is 0 Å². The van der Waals surface area contributed by atoms with Gasteiger partial charge in [0.15, 0.2) is 0 Å². The smallest absolute Gasteiger partial charge is 0.355 e. The van der Waals surface area contributed by atoms with E-state index >= 15 is 0 Å². The van der Waals surface area contributed by atoms with Crippen LogP contribution >= 0.6 is 11.6 Å². The number of rotatable bonds is 7. The van der Waals surface area contributed by atoms with Crippen LogP contribution < -0.4 is 10.2 Å². The SMILES string of the molecule is CCCCCNC(=O)CN1CCN(c2ncc(C(F)(F)F)cc2Cl)CC1. The second-order valence-electron chi connectivity index (χ2n) is 6.35. The number of halogens is 4. The number of hydrogen-bond donors (Lipinski definition) is 1. The highest BCUT2D eigenvalue weighted by Crippen LogP contribution is 2.33. The van der Waals surface area contributed by atoms with E-state index in [-0.39, 0.29) is 10.9 Å². The lowest BCUT2D eigenvalue weighted by molar-refractivity contribution is -0.137. The Hall–Kier alpha value is -1.54. The number of carbonyl (C=O) groups is 1. The van der Waals surface area contributed by atoms with Crippen LogP contribution in [0.4, 0.5) is 19.0 Å². The van der Waals surface area contributed by atoms with Crippen molar-refractivity contribution in [2.45, 2.75) is 32.4 Å². The normalized spacial score (nSPS) is 16.0. The van der Waals surface area contributed by atoms with E-state index in [0.29, 0.717) is 45.1 Å². The van der Waals surface area contributed by atoms with E-state index in [4.69, 9.17) is 11.6 Å². The van der Waals surface area contributed by atoms with Gasteiger partial charge in [0, 0.05) is 38.9 Å². The Labute approximate surface area is 156 Å². The average Bonchev–Trinajstić information content (AvgIpc) is 2.59. The minimum Gasteiger partial charge on any atom is -0.355 e. The summed E-state index contributed by atoms with van der Waals surface area (Å²) in [5.74, 6) is 0.351. The fourth-order valence-electron chi connectivity index (χ4n) is 2.80. The number of hydrogen-bond acceptors (Lipinski definition) is 4. The van der Waals surface area contributed by atoms with Crippen LogP contribution in [0.3, 0.4) is 0 Å². The molecule has 1 aromatic heterocycles. The quantitative estimate of drug-likeness (QED) is 0.724. The number of aromatic nitrogens is 1. The molecule has 5 nitrogen and oxygen atoms in total. The monoisotopic (exact) mass is 392 g/mol. The predicted molar refractivity (Wildman–Crippen MR) is 95.4 cm³/mol. The lowest BCUT2D eigenvalue weighted by Gasteiger charge is -2.35. The minimum absolute atomic E-state index is 0.000223. The molecule has 1 aliphatic heterocycles. The molecule has 0 bridgehead atoms. The van der Waals surface area contributed by atoms with Gasteiger partial charge >= 0.3 is 6.18 Å². The summed E-state index contributed by atoms with van der Waals surface area (Å²) >= 11 is 5.99. The largest absolute Gasteiger partial charge is 0.417 e. The summed E-state index contributed by atoms with van der Waals surface area (Å²) in [5.41, 5.74) is -0.857. The molecule has 0 spiro atoms. The Bertz CT molecular complexity index is 604. The fourth-order valence-corrected chi connectivity index (χ4v) is 3.08. The number of nitrogens with one attached hydrogen (secondary N) is 1. The zero-order valence-electron chi connectivity index (χ0n) is 14.8. The molecule has 0 atom stereocenters. The molecule has 0 saturated carbocycles.